The zero-order chi connectivity index (χ0) is 13.9. The Hall–Kier alpha value is -1.59. The fraction of sp³-hybridized carbons (Fsp3) is 0.462. The lowest BCUT2D eigenvalue weighted by Gasteiger charge is -2.34. The Morgan fingerprint density at radius 1 is 1.50 bits per heavy atom. The first kappa shape index (κ1) is 14.5. The highest BCUT2D eigenvalue weighted by Gasteiger charge is 2.28. The number of hydrazine groups is 1. The predicted molar refractivity (Wildman–Crippen MR) is 72.2 cm³/mol. The SMILES string of the molecule is Cc1ccc(C(=O)N(C)C(C)(C)CO)c(NN)c1. The van der Waals surface area contributed by atoms with Crippen molar-refractivity contribution in [1.82, 2.24) is 4.90 Å². The number of rotatable bonds is 4. The number of hydrogen-bond donors (Lipinski definition) is 3. The number of aliphatic hydroxyl groups excluding tert-OH is 1. The Bertz CT molecular complexity index is 444. The molecule has 0 fully saturated rings. The maximum Gasteiger partial charge on any atom is 0.256 e. The minimum atomic E-state index is -0.617. The number of aryl methyl sites for hydroxylation is 1. The summed E-state index contributed by atoms with van der Waals surface area (Å²) in [7, 11) is 1.67. The van der Waals surface area contributed by atoms with Gasteiger partial charge in [0, 0.05) is 7.05 Å². The molecule has 0 aliphatic heterocycles. The molecule has 4 N–H and O–H groups in total. The summed E-state index contributed by atoms with van der Waals surface area (Å²) in [5.74, 6) is 5.25. The van der Waals surface area contributed by atoms with Gasteiger partial charge in [0.15, 0.2) is 0 Å². The van der Waals surface area contributed by atoms with Gasteiger partial charge in [-0.05, 0) is 38.5 Å². The van der Waals surface area contributed by atoms with Gasteiger partial charge in [-0.25, -0.2) is 0 Å². The molecule has 0 atom stereocenters. The number of amides is 1. The molecule has 0 heterocycles. The molecule has 0 saturated heterocycles. The number of aliphatic hydroxyl groups is 1. The van der Waals surface area contributed by atoms with Gasteiger partial charge in [-0.3, -0.25) is 10.6 Å². The highest BCUT2D eigenvalue weighted by molar-refractivity contribution is 5.99. The van der Waals surface area contributed by atoms with Crippen molar-refractivity contribution in [2.45, 2.75) is 26.3 Å². The average Bonchev–Trinajstić information content (AvgIpc) is 2.36. The Balaban J connectivity index is 3.11. The van der Waals surface area contributed by atoms with Crippen LogP contribution in [0, 0.1) is 6.92 Å². The van der Waals surface area contributed by atoms with Crippen LogP contribution in [-0.2, 0) is 0 Å². The third-order valence-electron chi connectivity index (χ3n) is 3.16. The number of anilines is 1. The maximum absolute atomic E-state index is 12.4. The summed E-state index contributed by atoms with van der Waals surface area (Å²) < 4.78 is 0. The standard InChI is InChI=1S/C13H21N3O2/c1-9-5-6-10(11(7-9)15-14)12(18)16(4)13(2,3)8-17/h5-7,15,17H,8,14H2,1-4H3. The van der Waals surface area contributed by atoms with Crippen LogP contribution >= 0.6 is 0 Å². The molecule has 1 aromatic rings. The van der Waals surface area contributed by atoms with Crippen LogP contribution in [0.1, 0.15) is 29.8 Å². The molecule has 1 amide bonds. The molecule has 0 saturated carbocycles. The van der Waals surface area contributed by atoms with Crippen molar-refractivity contribution in [1.29, 1.82) is 0 Å². The van der Waals surface area contributed by atoms with E-state index in [0.717, 1.165) is 5.56 Å². The number of hydrogen-bond acceptors (Lipinski definition) is 4. The lowest BCUT2D eigenvalue weighted by Crippen LogP contribution is -2.47. The molecule has 18 heavy (non-hydrogen) atoms. The molecule has 0 spiro atoms. The van der Waals surface area contributed by atoms with Gasteiger partial charge >= 0.3 is 0 Å². The fourth-order valence-corrected chi connectivity index (χ4v) is 1.53. The average molecular weight is 251 g/mol. The third kappa shape index (κ3) is 2.80. The minimum Gasteiger partial charge on any atom is -0.394 e. The second-order valence-electron chi connectivity index (χ2n) is 5.03. The lowest BCUT2D eigenvalue weighted by molar-refractivity contribution is 0.0474. The third-order valence-corrected chi connectivity index (χ3v) is 3.16. The van der Waals surface area contributed by atoms with E-state index in [9.17, 15) is 9.90 Å². The van der Waals surface area contributed by atoms with E-state index in [1.165, 1.54) is 4.90 Å². The minimum absolute atomic E-state index is 0.105. The van der Waals surface area contributed by atoms with Crippen molar-refractivity contribution in [2.24, 2.45) is 5.84 Å². The summed E-state index contributed by atoms with van der Waals surface area (Å²) in [5, 5.41) is 9.30. The monoisotopic (exact) mass is 251 g/mol. The van der Waals surface area contributed by atoms with Crippen molar-refractivity contribution in [3.05, 3.63) is 29.3 Å². The zero-order valence-corrected chi connectivity index (χ0v) is 11.3. The van der Waals surface area contributed by atoms with Crippen LogP contribution in [0.2, 0.25) is 0 Å². The number of carbonyl (C=O) groups is 1. The van der Waals surface area contributed by atoms with Gasteiger partial charge in [0.05, 0.1) is 23.4 Å². The summed E-state index contributed by atoms with van der Waals surface area (Å²) in [6, 6.07) is 5.40. The first-order chi connectivity index (χ1) is 8.33. The van der Waals surface area contributed by atoms with Crippen molar-refractivity contribution in [3.63, 3.8) is 0 Å². The smallest absolute Gasteiger partial charge is 0.256 e. The van der Waals surface area contributed by atoms with Crippen molar-refractivity contribution in [2.75, 3.05) is 19.1 Å². The van der Waals surface area contributed by atoms with E-state index in [2.05, 4.69) is 5.43 Å². The van der Waals surface area contributed by atoms with Gasteiger partial charge in [-0.1, -0.05) is 6.07 Å². The van der Waals surface area contributed by atoms with Crippen molar-refractivity contribution >= 4 is 11.6 Å². The Labute approximate surface area is 108 Å². The van der Waals surface area contributed by atoms with Crippen LogP contribution in [0.3, 0.4) is 0 Å². The number of nitrogens with two attached hydrogens (primary N) is 1. The molecule has 1 aromatic carbocycles. The summed E-state index contributed by atoms with van der Waals surface area (Å²) in [6.07, 6.45) is 0. The second-order valence-corrected chi connectivity index (χ2v) is 5.03. The fourth-order valence-electron chi connectivity index (χ4n) is 1.53. The molecule has 0 aliphatic carbocycles. The number of nitrogens with zero attached hydrogens (tertiary/aromatic N) is 1. The van der Waals surface area contributed by atoms with Crippen molar-refractivity contribution < 1.29 is 9.90 Å². The largest absolute Gasteiger partial charge is 0.394 e. The summed E-state index contributed by atoms with van der Waals surface area (Å²) >= 11 is 0. The number of carbonyl (C=O) groups excluding carboxylic acids is 1. The van der Waals surface area contributed by atoms with E-state index < -0.39 is 5.54 Å². The molecule has 100 valence electrons. The normalized spacial score (nSPS) is 11.2. The number of benzene rings is 1. The van der Waals surface area contributed by atoms with E-state index >= 15 is 0 Å². The lowest BCUT2D eigenvalue weighted by atomic mass is 10.0. The van der Waals surface area contributed by atoms with Gasteiger partial charge in [-0.15, -0.1) is 0 Å². The predicted octanol–water partition coefficient (Wildman–Crippen LogP) is 1.12. The zero-order valence-electron chi connectivity index (χ0n) is 11.3. The molecule has 5 heteroatoms. The number of nitrogens with one attached hydrogen (secondary N) is 1. The van der Waals surface area contributed by atoms with E-state index in [1.807, 2.05) is 19.1 Å². The molecule has 0 unspecified atom stereocenters. The summed E-state index contributed by atoms with van der Waals surface area (Å²) in [4.78, 5) is 13.9. The van der Waals surface area contributed by atoms with E-state index in [4.69, 9.17) is 5.84 Å². The van der Waals surface area contributed by atoms with Gasteiger partial charge in [0.1, 0.15) is 0 Å². The highest BCUT2D eigenvalue weighted by Crippen LogP contribution is 2.21. The Morgan fingerprint density at radius 2 is 2.11 bits per heavy atom. The number of nitrogen functional groups attached to an aromatic ring is 1. The van der Waals surface area contributed by atoms with Crippen LogP contribution < -0.4 is 11.3 Å². The molecule has 1 rings (SSSR count). The van der Waals surface area contributed by atoms with E-state index in [-0.39, 0.29) is 12.5 Å². The van der Waals surface area contributed by atoms with Crippen LogP contribution in [0.5, 0.6) is 0 Å². The van der Waals surface area contributed by atoms with Gasteiger partial charge in [0.2, 0.25) is 0 Å². The highest BCUT2D eigenvalue weighted by atomic mass is 16.3. The maximum atomic E-state index is 12.4. The van der Waals surface area contributed by atoms with Crippen LogP contribution in [0.4, 0.5) is 5.69 Å². The van der Waals surface area contributed by atoms with Crippen LogP contribution in [0.25, 0.3) is 0 Å². The van der Waals surface area contributed by atoms with Crippen LogP contribution in [0.15, 0.2) is 18.2 Å². The number of likely N-dealkylation sites (N-methyl/N-ethyl adjacent to an activating group) is 1. The quantitative estimate of drug-likeness (QED) is 0.553. The second kappa shape index (κ2) is 5.37. The molecule has 0 aromatic heterocycles. The van der Waals surface area contributed by atoms with Crippen molar-refractivity contribution in [3.8, 4) is 0 Å². The molecule has 0 radical (unpaired) electrons. The molecule has 0 bridgehead atoms. The Morgan fingerprint density at radius 3 is 2.61 bits per heavy atom. The first-order valence-electron chi connectivity index (χ1n) is 5.80. The summed E-state index contributed by atoms with van der Waals surface area (Å²) in [6.45, 7) is 5.42. The van der Waals surface area contributed by atoms with E-state index in [1.54, 1.807) is 27.0 Å². The van der Waals surface area contributed by atoms with E-state index in [0.29, 0.717) is 11.3 Å². The van der Waals surface area contributed by atoms with Gasteiger partial charge < -0.3 is 15.4 Å². The van der Waals surface area contributed by atoms with Gasteiger partial charge in [0.25, 0.3) is 5.91 Å². The Kier molecular flexibility index (Phi) is 4.32. The summed E-state index contributed by atoms with van der Waals surface area (Å²) in [5.41, 5.74) is 4.01. The first-order valence-corrected chi connectivity index (χ1v) is 5.80. The molecule has 5 nitrogen and oxygen atoms in total. The van der Waals surface area contributed by atoms with Gasteiger partial charge in [-0.2, -0.15) is 0 Å². The van der Waals surface area contributed by atoms with Crippen LogP contribution in [-0.4, -0.2) is 35.1 Å². The topological polar surface area (TPSA) is 78.6 Å². The molecular formula is C13H21N3O2. The molecular weight excluding hydrogens is 230 g/mol. The molecule has 0 aliphatic rings.